The van der Waals surface area contributed by atoms with Crippen molar-refractivity contribution in [3.05, 3.63) is 100 Å². The molecule has 1 heterocycles. The molecule has 3 aromatic carbocycles. The summed E-state index contributed by atoms with van der Waals surface area (Å²) in [6.45, 7) is 4.22. The molecule has 0 atom stereocenters. The smallest absolute Gasteiger partial charge is 0.0900 e. The summed E-state index contributed by atoms with van der Waals surface area (Å²) >= 11 is 12.3. The van der Waals surface area contributed by atoms with E-state index in [1.165, 1.54) is 0 Å². The van der Waals surface area contributed by atoms with Crippen molar-refractivity contribution < 1.29 is 0 Å². The van der Waals surface area contributed by atoms with Gasteiger partial charge in [0.05, 0.1) is 39.2 Å². The molecule has 0 saturated carbocycles. The second-order valence-corrected chi connectivity index (χ2v) is 9.03. The van der Waals surface area contributed by atoms with Crippen LogP contribution in [0.4, 0.5) is 11.4 Å². The number of para-hydroxylation sites is 2. The number of nitrogens with one attached hydrogen (secondary N) is 1. The second kappa shape index (κ2) is 8.89. The molecule has 2 aliphatic rings. The molecule has 33 heavy (non-hydrogen) atoms. The van der Waals surface area contributed by atoms with Crippen molar-refractivity contribution in [2.75, 3.05) is 5.32 Å². The highest BCUT2D eigenvalue weighted by atomic mass is 35.5. The number of hydrogen-bond donors (Lipinski definition) is 1. The maximum atomic E-state index is 6.18. The van der Waals surface area contributed by atoms with Gasteiger partial charge in [-0.2, -0.15) is 0 Å². The first kappa shape index (κ1) is 21.5. The Kier molecular flexibility index (Phi) is 5.79. The van der Waals surface area contributed by atoms with E-state index in [2.05, 4.69) is 41.9 Å². The lowest BCUT2D eigenvalue weighted by Crippen LogP contribution is -2.20. The molecule has 0 amide bonds. The van der Waals surface area contributed by atoms with Crippen LogP contribution in [0.3, 0.4) is 0 Å². The predicted octanol–water partition coefficient (Wildman–Crippen LogP) is 7.49. The fraction of sp³-hybridized carbons (Fsp3) is 0.111. The Morgan fingerprint density at radius 1 is 0.848 bits per heavy atom. The molecule has 0 fully saturated rings. The first-order valence-electron chi connectivity index (χ1n) is 10.8. The number of anilines is 1. The molecule has 3 aromatic rings. The minimum atomic E-state index is 0.241. The normalized spacial score (nSPS) is 12.1. The SMILES string of the molecule is CC(C)Nc1cc2nc3ccccc3n(-c3ccc(Cl)cc3)c-2cc1=Nc1ccc(Cl)cc1. The highest BCUT2D eigenvalue weighted by Gasteiger charge is 2.16. The van der Waals surface area contributed by atoms with Gasteiger partial charge in [-0.05, 0) is 86.6 Å². The minimum absolute atomic E-state index is 0.241. The molecule has 0 saturated heterocycles. The Hall–Kier alpha value is -3.34. The topological polar surface area (TPSA) is 42.2 Å². The molecule has 4 nitrogen and oxygen atoms in total. The van der Waals surface area contributed by atoms with Crippen LogP contribution >= 0.6 is 23.2 Å². The van der Waals surface area contributed by atoms with E-state index in [9.17, 15) is 0 Å². The van der Waals surface area contributed by atoms with Gasteiger partial charge >= 0.3 is 0 Å². The quantitative estimate of drug-likeness (QED) is 0.275. The average molecular weight is 473 g/mol. The lowest BCUT2D eigenvalue weighted by atomic mass is 10.1. The fourth-order valence-corrected chi connectivity index (χ4v) is 4.14. The van der Waals surface area contributed by atoms with Crippen LogP contribution in [-0.2, 0) is 0 Å². The van der Waals surface area contributed by atoms with Gasteiger partial charge in [-0.25, -0.2) is 9.98 Å². The molecule has 1 N–H and O–H groups in total. The number of hydrogen-bond acceptors (Lipinski definition) is 3. The lowest BCUT2D eigenvalue weighted by molar-refractivity contribution is 0.895. The van der Waals surface area contributed by atoms with Gasteiger partial charge in [0.2, 0.25) is 0 Å². The zero-order chi connectivity index (χ0) is 22.9. The summed E-state index contributed by atoms with van der Waals surface area (Å²) < 4.78 is 2.20. The number of nitrogens with zero attached hydrogens (tertiary/aromatic N) is 3. The molecule has 1 aliphatic heterocycles. The van der Waals surface area contributed by atoms with E-state index in [1.807, 2.05) is 66.7 Å². The summed E-state index contributed by atoms with van der Waals surface area (Å²) in [5, 5.41) is 5.74. The van der Waals surface area contributed by atoms with Crippen molar-refractivity contribution >= 4 is 45.6 Å². The van der Waals surface area contributed by atoms with Crippen LogP contribution in [0.25, 0.3) is 28.1 Å². The number of rotatable bonds is 4. The predicted molar refractivity (Wildman–Crippen MR) is 138 cm³/mol. The van der Waals surface area contributed by atoms with Gasteiger partial charge in [0.25, 0.3) is 0 Å². The summed E-state index contributed by atoms with van der Waals surface area (Å²) in [6, 6.07) is 27.9. The first-order chi connectivity index (χ1) is 16.0. The molecule has 164 valence electrons. The number of benzene rings is 4. The van der Waals surface area contributed by atoms with Gasteiger partial charge < -0.3 is 9.88 Å². The van der Waals surface area contributed by atoms with Gasteiger partial charge in [-0.1, -0.05) is 35.3 Å². The molecule has 0 spiro atoms. The number of aromatic nitrogens is 2. The van der Waals surface area contributed by atoms with Crippen molar-refractivity contribution in [1.82, 2.24) is 9.55 Å². The van der Waals surface area contributed by atoms with Crippen LogP contribution in [0.15, 0.2) is 89.9 Å². The third-order valence-corrected chi connectivity index (χ3v) is 5.81. The third kappa shape index (κ3) is 4.45. The fourth-order valence-electron chi connectivity index (χ4n) is 3.88. The Morgan fingerprint density at radius 3 is 2.21 bits per heavy atom. The Labute approximate surface area is 202 Å². The van der Waals surface area contributed by atoms with Crippen LogP contribution < -0.4 is 10.7 Å². The summed E-state index contributed by atoms with van der Waals surface area (Å²) in [5.41, 5.74) is 6.52. The van der Waals surface area contributed by atoms with E-state index in [0.29, 0.717) is 10.0 Å². The maximum Gasteiger partial charge on any atom is 0.0900 e. The number of halogens is 2. The van der Waals surface area contributed by atoms with Gasteiger partial charge in [-0.15, -0.1) is 0 Å². The zero-order valence-corrected chi connectivity index (χ0v) is 19.8. The first-order valence-corrected chi connectivity index (χ1v) is 11.5. The molecule has 0 radical (unpaired) electrons. The van der Waals surface area contributed by atoms with E-state index in [0.717, 1.165) is 44.8 Å². The zero-order valence-electron chi connectivity index (χ0n) is 18.3. The highest BCUT2D eigenvalue weighted by molar-refractivity contribution is 6.30. The van der Waals surface area contributed by atoms with Crippen LogP contribution in [0.2, 0.25) is 10.0 Å². The largest absolute Gasteiger partial charge is 0.381 e. The maximum absolute atomic E-state index is 6.18. The molecule has 0 unspecified atom stereocenters. The third-order valence-electron chi connectivity index (χ3n) is 5.30. The summed E-state index contributed by atoms with van der Waals surface area (Å²) in [7, 11) is 0. The number of fused-ring (bicyclic) bond motifs is 2. The van der Waals surface area contributed by atoms with Crippen LogP contribution in [0.5, 0.6) is 0 Å². The van der Waals surface area contributed by atoms with E-state index in [-0.39, 0.29) is 6.04 Å². The van der Waals surface area contributed by atoms with Gasteiger partial charge in [0.15, 0.2) is 0 Å². The van der Waals surface area contributed by atoms with Crippen LogP contribution in [-0.4, -0.2) is 15.6 Å². The Morgan fingerprint density at radius 2 is 1.52 bits per heavy atom. The van der Waals surface area contributed by atoms with E-state index >= 15 is 0 Å². The molecule has 5 rings (SSSR count). The van der Waals surface area contributed by atoms with Crippen molar-refractivity contribution in [1.29, 1.82) is 0 Å². The molecular formula is C27H22Cl2N4. The minimum Gasteiger partial charge on any atom is -0.381 e. The Bertz CT molecular complexity index is 1470. The Balaban J connectivity index is 1.86. The van der Waals surface area contributed by atoms with Crippen molar-refractivity contribution in [3.63, 3.8) is 0 Å². The molecule has 0 aromatic heterocycles. The molecule has 6 heteroatoms. The summed E-state index contributed by atoms with van der Waals surface area (Å²) in [6.07, 6.45) is 0. The van der Waals surface area contributed by atoms with Gasteiger partial charge in [0.1, 0.15) is 0 Å². The molecule has 1 aliphatic carbocycles. The van der Waals surface area contributed by atoms with Crippen molar-refractivity contribution in [2.45, 2.75) is 19.9 Å². The van der Waals surface area contributed by atoms with Gasteiger partial charge in [0, 0.05) is 21.8 Å². The van der Waals surface area contributed by atoms with Crippen molar-refractivity contribution in [2.24, 2.45) is 4.99 Å². The monoisotopic (exact) mass is 472 g/mol. The van der Waals surface area contributed by atoms with Gasteiger partial charge in [-0.3, -0.25) is 0 Å². The van der Waals surface area contributed by atoms with E-state index < -0.39 is 0 Å². The lowest BCUT2D eigenvalue weighted by Gasteiger charge is -2.21. The highest BCUT2D eigenvalue weighted by Crippen LogP contribution is 2.30. The van der Waals surface area contributed by atoms with E-state index in [1.54, 1.807) is 0 Å². The average Bonchev–Trinajstić information content (AvgIpc) is 2.80. The van der Waals surface area contributed by atoms with Crippen LogP contribution in [0.1, 0.15) is 13.8 Å². The summed E-state index contributed by atoms with van der Waals surface area (Å²) in [5.74, 6) is 0. The summed E-state index contributed by atoms with van der Waals surface area (Å²) in [4.78, 5) is 9.89. The van der Waals surface area contributed by atoms with Crippen LogP contribution in [0, 0.1) is 0 Å². The molecular weight excluding hydrogens is 451 g/mol. The van der Waals surface area contributed by atoms with E-state index in [4.69, 9.17) is 33.2 Å². The molecule has 0 bridgehead atoms. The standard InChI is InChI=1S/C27H22Cl2N4/c1-17(2)30-23-15-25-27(16-24(23)31-20-11-7-18(28)8-12-20)33(21-13-9-19(29)10-14-21)26-6-4-3-5-22(26)32-25/h3-17,30H,1-2H3. The van der Waals surface area contributed by atoms with Crippen molar-refractivity contribution in [3.8, 4) is 17.1 Å². The second-order valence-electron chi connectivity index (χ2n) is 8.16.